The third-order valence-electron chi connectivity index (χ3n) is 4.40. The van der Waals surface area contributed by atoms with Crippen molar-refractivity contribution in [1.82, 2.24) is 5.32 Å². The van der Waals surface area contributed by atoms with E-state index in [4.69, 9.17) is 0 Å². The topological polar surface area (TPSA) is 12.0 Å². The molecular formula is C15H21N. The highest BCUT2D eigenvalue weighted by atomic mass is 15.0. The van der Waals surface area contributed by atoms with Crippen molar-refractivity contribution < 1.29 is 0 Å². The molecule has 86 valence electrons. The van der Waals surface area contributed by atoms with Crippen LogP contribution < -0.4 is 5.32 Å². The molecule has 0 aromatic heterocycles. The first-order valence-corrected chi connectivity index (χ1v) is 6.49. The third-order valence-corrected chi connectivity index (χ3v) is 4.40. The Morgan fingerprint density at radius 1 is 1.31 bits per heavy atom. The van der Waals surface area contributed by atoms with Crippen molar-refractivity contribution in [2.45, 2.75) is 44.6 Å². The fourth-order valence-electron chi connectivity index (χ4n) is 2.89. The Kier molecular flexibility index (Phi) is 2.32. The van der Waals surface area contributed by atoms with Gasteiger partial charge in [0.2, 0.25) is 0 Å². The average molecular weight is 215 g/mol. The predicted octanol–water partition coefficient (Wildman–Crippen LogP) is 3.02. The number of rotatable bonds is 4. The molecule has 0 heterocycles. The maximum atomic E-state index is 3.66. The number of benzene rings is 1. The number of hydrogen-bond donors (Lipinski definition) is 1. The molecule has 1 nitrogen and oxygen atoms in total. The second-order valence-corrected chi connectivity index (χ2v) is 5.82. The summed E-state index contributed by atoms with van der Waals surface area (Å²) >= 11 is 0. The Balaban J connectivity index is 1.68. The van der Waals surface area contributed by atoms with Crippen molar-refractivity contribution in [2.75, 3.05) is 6.54 Å². The molecule has 2 aliphatic carbocycles. The first-order chi connectivity index (χ1) is 7.70. The molecule has 2 atom stereocenters. The molecule has 0 amide bonds. The molecular weight excluding hydrogens is 194 g/mol. The fourth-order valence-corrected chi connectivity index (χ4v) is 2.89. The molecule has 0 spiro atoms. The molecule has 2 unspecified atom stereocenters. The van der Waals surface area contributed by atoms with Crippen LogP contribution in [0.2, 0.25) is 0 Å². The zero-order valence-electron chi connectivity index (χ0n) is 10.3. The van der Waals surface area contributed by atoms with Crippen LogP contribution in [0.3, 0.4) is 0 Å². The van der Waals surface area contributed by atoms with Crippen LogP contribution in [0, 0.1) is 12.8 Å². The van der Waals surface area contributed by atoms with Gasteiger partial charge in [0.25, 0.3) is 0 Å². The summed E-state index contributed by atoms with van der Waals surface area (Å²) in [5.41, 5.74) is 3.48. The van der Waals surface area contributed by atoms with E-state index in [-0.39, 0.29) is 0 Å². The summed E-state index contributed by atoms with van der Waals surface area (Å²) < 4.78 is 0. The van der Waals surface area contributed by atoms with Gasteiger partial charge in [-0.05, 0) is 55.2 Å². The average Bonchev–Trinajstić information content (AvgIpc) is 3.14. The highest BCUT2D eigenvalue weighted by Gasteiger charge is 2.51. The Morgan fingerprint density at radius 3 is 2.75 bits per heavy atom. The molecule has 3 rings (SSSR count). The number of nitrogens with one attached hydrogen (secondary N) is 1. The number of aryl methyl sites for hydroxylation is 1. The first-order valence-electron chi connectivity index (χ1n) is 6.49. The molecule has 0 bridgehead atoms. The molecule has 0 saturated heterocycles. The lowest BCUT2D eigenvalue weighted by molar-refractivity contribution is 0.574. The molecule has 1 aromatic carbocycles. The van der Waals surface area contributed by atoms with E-state index < -0.39 is 0 Å². The van der Waals surface area contributed by atoms with Crippen molar-refractivity contribution in [3.8, 4) is 0 Å². The number of hydrogen-bond acceptors (Lipinski definition) is 1. The summed E-state index contributed by atoms with van der Waals surface area (Å²) in [5, 5.41) is 3.66. The van der Waals surface area contributed by atoms with Crippen LogP contribution >= 0.6 is 0 Å². The van der Waals surface area contributed by atoms with Crippen molar-refractivity contribution >= 4 is 0 Å². The molecule has 2 fully saturated rings. The molecule has 1 heteroatoms. The van der Waals surface area contributed by atoms with Gasteiger partial charge >= 0.3 is 0 Å². The second kappa shape index (κ2) is 3.59. The zero-order chi connectivity index (χ0) is 11.2. The van der Waals surface area contributed by atoms with E-state index in [1.54, 1.807) is 5.56 Å². The maximum absolute atomic E-state index is 3.66. The summed E-state index contributed by atoms with van der Waals surface area (Å²) in [6.07, 6.45) is 4.15. The van der Waals surface area contributed by atoms with Gasteiger partial charge in [0, 0.05) is 6.04 Å². The van der Waals surface area contributed by atoms with Crippen LogP contribution in [0.1, 0.15) is 37.3 Å². The Labute approximate surface area is 98.3 Å². The van der Waals surface area contributed by atoms with Gasteiger partial charge in [-0.25, -0.2) is 0 Å². The quantitative estimate of drug-likeness (QED) is 0.814. The van der Waals surface area contributed by atoms with Crippen LogP contribution in [0.5, 0.6) is 0 Å². The highest BCUT2D eigenvalue weighted by Crippen LogP contribution is 2.54. The monoisotopic (exact) mass is 215 g/mol. The molecule has 2 saturated carbocycles. The lowest BCUT2D eigenvalue weighted by Gasteiger charge is -2.15. The van der Waals surface area contributed by atoms with E-state index in [2.05, 4.69) is 43.4 Å². The first kappa shape index (κ1) is 10.3. The minimum Gasteiger partial charge on any atom is -0.314 e. The van der Waals surface area contributed by atoms with E-state index in [9.17, 15) is 0 Å². The standard InChI is InChI=1S/C15H21N/c1-11-5-3-4-6-14(11)15(2)9-12(15)10-16-13-7-8-13/h3-6,12-13,16H,7-10H2,1-2H3. The summed E-state index contributed by atoms with van der Waals surface area (Å²) in [5.74, 6) is 0.856. The maximum Gasteiger partial charge on any atom is 0.00683 e. The van der Waals surface area contributed by atoms with Gasteiger partial charge in [0.05, 0.1) is 0 Å². The van der Waals surface area contributed by atoms with Crippen molar-refractivity contribution in [1.29, 1.82) is 0 Å². The van der Waals surface area contributed by atoms with Crippen molar-refractivity contribution in [3.63, 3.8) is 0 Å². The third kappa shape index (κ3) is 1.78. The minimum absolute atomic E-state index is 0.452. The Hall–Kier alpha value is -0.820. The molecule has 16 heavy (non-hydrogen) atoms. The van der Waals surface area contributed by atoms with E-state index in [0.717, 1.165) is 12.0 Å². The molecule has 0 radical (unpaired) electrons. The van der Waals surface area contributed by atoms with Crippen LogP contribution in [0.25, 0.3) is 0 Å². The van der Waals surface area contributed by atoms with Crippen molar-refractivity contribution in [2.24, 2.45) is 5.92 Å². The molecule has 2 aliphatic rings. The van der Waals surface area contributed by atoms with Gasteiger partial charge in [0.1, 0.15) is 0 Å². The van der Waals surface area contributed by atoms with E-state index in [1.807, 2.05) is 0 Å². The lowest BCUT2D eigenvalue weighted by atomic mass is 9.91. The summed E-state index contributed by atoms with van der Waals surface area (Å²) in [4.78, 5) is 0. The van der Waals surface area contributed by atoms with Gasteiger partial charge in [0.15, 0.2) is 0 Å². The largest absolute Gasteiger partial charge is 0.314 e. The van der Waals surface area contributed by atoms with Gasteiger partial charge in [-0.1, -0.05) is 31.2 Å². The van der Waals surface area contributed by atoms with Gasteiger partial charge in [-0.15, -0.1) is 0 Å². The fraction of sp³-hybridized carbons (Fsp3) is 0.600. The van der Waals surface area contributed by atoms with E-state index >= 15 is 0 Å². The molecule has 1 N–H and O–H groups in total. The van der Waals surface area contributed by atoms with E-state index in [0.29, 0.717) is 5.41 Å². The lowest BCUT2D eigenvalue weighted by Crippen LogP contribution is -2.22. The van der Waals surface area contributed by atoms with Crippen LogP contribution in [-0.2, 0) is 5.41 Å². The van der Waals surface area contributed by atoms with Crippen LogP contribution in [0.15, 0.2) is 24.3 Å². The van der Waals surface area contributed by atoms with Crippen molar-refractivity contribution in [3.05, 3.63) is 35.4 Å². The molecule has 0 aliphatic heterocycles. The minimum atomic E-state index is 0.452. The normalized spacial score (nSPS) is 32.8. The summed E-state index contributed by atoms with van der Waals surface area (Å²) in [7, 11) is 0. The smallest absolute Gasteiger partial charge is 0.00683 e. The summed E-state index contributed by atoms with van der Waals surface area (Å²) in [6, 6.07) is 9.72. The van der Waals surface area contributed by atoms with Crippen LogP contribution in [0.4, 0.5) is 0 Å². The predicted molar refractivity (Wildman–Crippen MR) is 67.7 cm³/mol. The van der Waals surface area contributed by atoms with Gasteiger partial charge in [-0.3, -0.25) is 0 Å². The highest BCUT2D eigenvalue weighted by molar-refractivity contribution is 5.38. The Morgan fingerprint density at radius 2 is 2.06 bits per heavy atom. The second-order valence-electron chi connectivity index (χ2n) is 5.82. The van der Waals surface area contributed by atoms with E-state index in [1.165, 1.54) is 31.4 Å². The Bertz CT molecular complexity index is 394. The van der Waals surface area contributed by atoms with Crippen LogP contribution in [-0.4, -0.2) is 12.6 Å². The van der Waals surface area contributed by atoms with Gasteiger partial charge in [-0.2, -0.15) is 0 Å². The molecule has 1 aromatic rings. The van der Waals surface area contributed by atoms with Gasteiger partial charge < -0.3 is 5.32 Å². The summed E-state index contributed by atoms with van der Waals surface area (Å²) in [6.45, 7) is 5.88. The zero-order valence-corrected chi connectivity index (χ0v) is 10.3. The SMILES string of the molecule is Cc1ccccc1C1(C)CC1CNC1CC1.